The first-order valence-electron chi connectivity index (χ1n) is 6.70. The van der Waals surface area contributed by atoms with E-state index >= 15 is 0 Å². The Balaban J connectivity index is 1.54. The van der Waals surface area contributed by atoms with Crippen LogP contribution in [0.25, 0.3) is 0 Å². The van der Waals surface area contributed by atoms with E-state index in [1.807, 2.05) is 24.8 Å². The molecule has 3 rings (SSSR count). The van der Waals surface area contributed by atoms with Gasteiger partial charge in [0.2, 0.25) is 5.91 Å². The lowest BCUT2D eigenvalue weighted by Gasteiger charge is -2.28. The van der Waals surface area contributed by atoms with Gasteiger partial charge in [0.15, 0.2) is 0 Å². The number of hydrogen-bond acceptors (Lipinski definition) is 4. The van der Waals surface area contributed by atoms with Crippen molar-refractivity contribution in [1.82, 2.24) is 19.4 Å². The molecular weight excluding hydrogens is 272 g/mol. The van der Waals surface area contributed by atoms with E-state index in [1.165, 1.54) is 5.56 Å². The molecule has 1 amide bonds. The monoisotopic (exact) mass is 290 g/mol. The fourth-order valence-corrected chi connectivity index (χ4v) is 3.07. The van der Waals surface area contributed by atoms with Crippen molar-refractivity contribution in [3.8, 4) is 0 Å². The number of thiophene rings is 1. The van der Waals surface area contributed by atoms with E-state index in [9.17, 15) is 4.79 Å². The van der Waals surface area contributed by atoms with Gasteiger partial charge < -0.3 is 9.47 Å². The second kappa shape index (κ2) is 5.76. The van der Waals surface area contributed by atoms with Gasteiger partial charge in [-0.3, -0.25) is 9.69 Å². The minimum absolute atomic E-state index is 0.163. The number of imidazole rings is 1. The van der Waals surface area contributed by atoms with Crippen LogP contribution in [-0.4, -0.2) is 45.4 Å². The van der Waals surface area contributed by atoms with Crippen molar-refractivity contribution < 1.29 is 4.79 Å². The van der Waals surface area contributed by atoms with Crippen LogP contribution in [0.4, 0.5) is 0 Å². The Hall–Kier alpha value is -1.66. The molecule has 0 aliphatic carbocycles. The maximum Gasteiger partial charge on any atom is 0.236 e. The quantitative estimate of drug-likeness (QED) is 0.855. The van der Waals surface area contributed by atoms with Crippen LogP contribution < -0.4 is 0 Å². The molecule has 0 aromatic carbocycles. The first kappa shape index (κ1) is 13.3. The van der Waals surface area contributed by atoms with Crippen LogP contribution in [0.3, 0.4) is 0 Å². The number of nitrogens with zero attached hydrogens (tertiary/aromatic N) is 4. The van der Waals surface area contributed by atoms with E-state index in [2.05, 4.69) is 25.9 Å². The Labute approximate surface area is 122 Å². The molecule has 1 aliphatic rings. The summed E-state index contributed by atoms with van der Waals surface area (Å²) >= 11 is 1.66. The van der Waals surface area contributed by atoms with Crippen LogP contribution in [0.15, 0.2) is 29.2 Å². The summed E-state index contributed by atoms with van der Waals surface area (Å²) in [6.45, 7) is 3.72. The minimum Gasteiger partial charge on any atom is -0.340 e. The van der Waals surface area contributed by atoms with Crippen molar-refractivity contribution >= 4 is 17.2 Å². The van der Waals surface area contributed by atoms with Gasteiger partial charge in [0.05, 0.1) is 13.1 Å². The molecule has 3 heterocycles. The predicted molar refractivity (Wildman–Crippen MR) is 78.3 cm³/mol. The van der Waals surface area contributed by atoms with Gasteiger partial charge in [0, 0.05) is 39.1 Å². The van der Waals surface area contributed by atoms with Crippen molar-refractivity contribution in [1.29, 1.82) is 0 Å². The van der Waals surface area contributed by atoms with Crippen LogP contribution in [0.5, 0.6) is 0 Å². The van der Waals surface area contributed by atoms with Crippen LogP contribution >= 0.6 is 11.3 Å². The van der Waals surface area contributed by atoms with E-state index < -0.39 is 0 Å². The highest BCUT2D eigenvalue weighted by atomic mass is 32.1. The zero-order valence-corrected chi connectivity index (χ0v) is 12.3. The van der Waals surface area contributed by atoms with E-state index in [4.69, 9.17) is 0 Å². The molecule has 0 N–H and O–H groups in total. The maximum absolute atomic E-state index is 12.2. The third kappa shape index (κ3) is 2.91. The molecule has 20 heavy (non-hydrogen) atoms. The number of rotatable bonds is 4. The molecule has 0 saturated carbocycles. The highest BCUT2D eigenvalue weighted by Crippen LogP contribution is 2.12. The Morgan fingerprint density at radius 1 is 1.50 bits per heavy atom. The van der Waals surface area contributed by atoms with Crippen LogP contribution in [0.1, 0.15) is 11.4 Å². The summed E-state index contributed by atoms with van der Waals surface area (Å²) in [6.07, 6.45) is 3.82. The Kier molecular flexibility index (Phi) is 3.84. The standard InChI is InChI=1S/C14H18N4OS/c1-16(8-12-2-7-20-11-12)14(19)10-17-5-6-18-4-3-15-13(18)9-17/h2-4,7,11H,5-6,8-10H2,1H3. The molecule has 5 nitrogen and oxygen atoms in total. The number of carbonyl (C=O) groups excluding carboxylic acids is 1. The normalized spacial score (nSPS) is 15.1. The predicted octanol–water partition coefficient (Wildman–Crippen LogP) is 1.42. The summed E-state index contributed by atoms with van der Waals surface area (Å²) in [5.41, 5.74) is 1.19. The van der Waals surface area contributed by atoms with Gasteiger partial charge >= 0.3 is 0 Å². The van der Waals surface area contributed by atoms with Crippen molar-refractivity contribution in [2.45, 2.75) is 19.6 Å². The van der Waals surface area contributed by atoms with Crippen molar-refractivity contribution in [2.24, 2.45) is 0 Å². The average molecular weight is 290 g/mol. The first-order chi connectivity index (χ1) is 9.72. The zero-order chi connectivity index (χ0) is 13.9. The van der Waals surface area contributed by atoms with Crippen molar-refractivity contribution in [3.05, 3.63) is 40.6 Å². The fourth-order valence-electron chi connectivity index (χ4n) is 2.42. The molecular formula is C14H18N4OS. The van der Waals surface area contributed by atoms with Gasteiger partial charge in [-0.05, 0) is 22.4 Å². The number of carbonyl (C=O) groups is 1. The van der Waals surface area contributed by atoms with E-state index in [0.717, 1.165) is 25.5 Å². The number of aromatic nitrogens is 2. The second-order valence-corrected chi connectivity index (χ2v) is 5.91. The number of hydrogen-bond donors (Lipinski definition) is 0. The van der Waals surface area contributed by atoms with E-state index in [-0.39, 0.29) is 5.91 Å². The highest BCUT2D eigenvalue weighted by Gasteiger charge is 2.20. The fraction of sp³-hybridized carbons (Fsp3) is 0.429. The molecule has 0 saturated heterocycles. The first-order valence-corrected chi connectivity index (χ1v) is 7.64. The summed E-state index contributed by atoms with van der Waals surface area (Å²) in [5, 5.41) is 4.12. The van der Waals surface area contributed by atoms with Crippen LogP contribution in [-0.2, 0) is 24.4 Å². The lowest BCUT2D eigenvalue weighted by Crippen LogP contribution is -2.41. The zero-order valence-electron chi connectivity index (χ0n) is 11.5. The average Bonchev–Trinajstić information content (AvgIpc) is 3.08. The summed E-state index contributed by atoms with van der Waals surface area (Å²) in [6, 6.07) is 2.06. The second-order valence-electron chi connectivity index (χ2n) is 5.13. The Morgan fingerprint density at radius 3 is 3.20 bits per heavy atom. The number of likely N-dealkylation sites (N-methyl/N-ethyl adjacent to an activating group) is 1. The summed E-state index contributed by atoms with van der Waals surface area (Å²) in [5.74, 6) is 1.21. The van der Waals surface area contributed by atoms with Crippen LogP contribution in [0.2, 0.25) is 0 Å². The summed E-state index contributed by atoms with van der Waals surface area (Å²) in [4.78, 5) is 20.5. The molecule has 106 valence electrons. The molecule has 2 aromatic heterocycles. The summed E-state index contributed by atoms with van der Waals surface area (Å²) < 4.78 is 2.15. The highest BCUT2D eigenvalue weighted by molar-refractivity contribution is 7.07. The maximum atomic E-state index is 12.2. The Morgan fingerprint density at radius 2 is 2.40 bits per heavy atom. The minimum atomic E-state index is 0.163. The van der Waals surface area contributed by atoms with E-state index in [0.29, 0.717) is 13.1 Å². The third-order valence-corrected chi connectivity index (χ3v) is 4.34. The van der Waals surface area contributed by atoms with Gasteiger partial charge in [0.1, 0.15) is 5.82 Å². The van der Waals surface area contributed by atoms with Gasteiger partial charge in [-0.25, -0.2) is 4.98 Å². The van der Waals surface area contributed by atoms with Crippen molar-refractivity contribution in [3.63, 3.8) is 0 Å². The van der Waals surface area contributed by atoms with Gasteiger partial charge in [0.25, 0.3) is 0 Å². The van der Waals surface area contributed by atoms with Gasteiger partial charge in [-0.1, -0.05) is 0 Å². The molecule has 0 radical (unpaired) electrons. The molecule has 0 unspecified atom stereocenters. The molecule has 0 atom stereocenters. The lowest BCUT2D eigenvalue weighted by molar-refractivity contribution is -0.132. The molecule has 0 spiro atoms. The largest absolute Gasteiger partial charge is 0.340 e. The molecule has 6 heteroatoms. The molecule has 0 bridgehead atoms. The summed E-state index contributed by atoms with van der Waals surface area (Å²) in [7, 11) is 1.87. The van der Waals surface area contributed by atoms with Crippen LogP contribution in [0, 0.1) is 0 Å². The Bertz CT molecular complexity index is 578. The molecule has 2 aromatic rings. The van der Waals surface area contributed by atoms with E-state index in [1.54, 1.807) is 16.2 Å². The smallest absolute Gasteiger partial charge is 0.236 e. The molecule has 1 aliphatic heterocycles. The lowest BCUT2D eigenvalue weighted by atomic mass is 10.3. The SMILES string of the molecule is CN(Cc1ccsc1)C(=O)CN1CCn2ccnc2C1. The topological polar surface area (TPSA) is 41.4 Å². The van der Waals surface area contributed by atoms with Gasteiger partial charge in [-0.2, -0.15) is 11.3 Å². The number of fused-ring (bicyclic) bond motifs is 1. The van der Waals surface area contributed by atoms with Gasteiger partial charge in [-0.15, -0.1) is 0 Å². The number of amides is 1. The van der Waals surface area contributed by atoms with Crippen molar-refractivity contribution in [2.75, 3.05) is 20.1 Å². The third-order valence-electron chi connectivity index (χ3n) is 3.61. The molecule has 0 fully saturated rings.